The molecule has 0 saturated heterocycles. The molecule has 0 bridgehead atoms. The van der Waals surface area contributed by atoms with E-state index >= 15 is 0 Å². The van der Waals surface area contributed by atoms with Crippen molar-refractivity contribution < 1.29 is 24.5 Å². The standard InChI is InChI=1S/C49H91NO5/c1-3-5-7-9-11-13-14-15-16-17-18-19-23-27-31-35-39-43-49(54)55-44-40-36-32-28-24-21-20-22-26-30-34-38-42-48(53)50-46(45-51)47(52)41-37-33-29-25-12-10-8-6-4-2/h11,13,15-16,37,41,46-47,51-52H,3-10,12,14,17-36,38-40,42-45H2,1-2H3,(H,50,53)/b13-11-,16-15-,41-37+. The van der Waals surface area contributed by atoms with Crippen molar-refractivity contribution in [3.05, 3.63) is 36.5 Å². The van der Waals surface area contributed by atoms with Crippen LogP contribution < -0.4 is 5.32 Å². The SMILES string of the molecule is CCCCC/C=C\C/C=C\CCCCCCCCCC(=O)OCCCCCCCCCCCCCCC(=O)NC(CO)C(O)/C=C/CCCCCCCCC. The van der Waals surface area contributed by atoms with Gasteiger partial charge in [-0.2, -0.15) is 0 Å². The lowest BCUT2D eigenvalue weighted by molar-refractivity contribution is -0.143. The van der Waals surface area contributed by atoms with Gasteiger partial charge in [-0.05, 0) is 64.2 Å². The quantitative estimate of drug-likeness (QED) is 0.0326. The first-order chi connectivity index (χ1) is 27.0. The first kappa shape index (κ1) is 53.1. The fraction of sp³-hybridized carbons (Fsp3) is 0.837. The van der Waals surface area contributed by atoms with E-state index < -0.39 is 12.1 Å². The first-order valence-electron chi connectivity index (χ1n) is 23.8. The number of ether oxygens (including phenoxy) is 1. The maximum absolute atomic E-state index is 12.3. The van der Waals surface area contributed by atoms with Crippen molar-refractivity contribution in [1.82, 2.24) is 5.32 Å². The summed E-state index contributed by atoms with van der Waals surface area (Å²) in [6, 6.07) is -0.638. The molecule has 55 heavy (non-hydrogen) atoms. The average Bonchev–Trinajstić information content (AvgIpc) is 3.18. The largest absolute Gasteiger partial charge is 0.466 e. The summed E-state index contributed by atoms with van der Waals surface area (Å²) in [5.41, 5.74) is 0. The maximum atomic E-state index is 12.3. The number of aliphatic hydroxyl groups is 2. The molecular weight excluding hydrogens is 683 g/mol. The minimum atomic E-state index is -0.853. The summed E-state index contributed by atoms with van der Waals surface area (Å²) in [6.45, 7) is 4.80. The summed E-state index contributed by atoms with van der Waals surface area (Å²) in [7, 11) is 0. The molecule has 0 heterocycles. The van der Waals surface area contributed by atoms with E-state index in [4.69, 9.17) is 4.74 Å². The Labute approximate surface area is 341 Å². The summed E-state index contributed by atoms with van der Waals surface area (Å²) >= 11 is 0. The van der Waals surface area contributed by atoms with Crippen molar-refractivity contribution in [3.63, 3.8) is 0 Å². The van der Waals surface area contributed by atoms with E-state index in [0.717, 1.165) is 64.2 Å². The molecule has 0 aromatic carbocycles. The van der Waals surface area contributed by atoms with Crippen molar-refractivity contribution >= 4 is 11.9 Å². The van der Waals surface area contributed by atoms with E-state index in [1.54, 1.807) is 6.08 Å². The van der Waals surface area contributed by atoms with Crippen LogP contribution in [0.3, 0.4) is 0 Å². The van der Waals surface area contributed by atoms with Gasteiger partial charge in [-0.3, -0.25) is 9.59 Å². The van der Waals surface area contributed by atoms with Crippen molar-refractivity contribution in [1.29, 1.82) is 0 Å². The number of carbonyl (C=O) groups excluding carboxylic acids is 2. The lowest BCUT2D eigenvalue weighted by Crippen LogP contribution is -2.45. The van der Waals surface area contributed by atoms with Crippen LogP contribution in [0.1, 0.15) is 239 Å². The molecule has 0 fully saturated rings. The van der Waals surface area contributed by atoms with Gasteiger partial charge in [-0.25, -0.2) is 0 Å². The fourth-order valence-electron chi connectivity index (χ4n) is 6.95. The maximum Gasteiger partial charge on any atom is 0.305 e. The Morgan fingerprint density at radius 1 is 0.509 bits per heavy atom. The number of nitrogens with one attached hydrogen (secondary N) is 1. The number of aliphatic hydroxyl groups excluding tert-OH is 2. The van der Waals surface area contributed by atoms with Crippen molar-refractivity contribution in [2.75, 3.05) is 13.2 Å². The molecule has 6 heteroatoms. The molecule has 0 radical (unpaired) electrons. The second-order valence-electron chi connectivity index (χ2n) is 16.1. The van der Waals surface area contributed by atoms with E-state index in [1.807, 2.05) is 6.08 Å². The monoisotopic (exact) mass is 774 g/mol. The highest BCUT2D eigenvalue weighted by atomic mass is 16.5. The van der Waals surface area contributed by atoms with Gasteiger partial charge in [0.1, 0.15) is 0 Å². The minimum absolute atomic E-state index is 0.0199. The Balaban J connectivity index is 3.47. The molecule has 2 unspecified atom stereocenters. The minimum Gasteiger partial charge on any atom is -0.466 e. The zero-order chi connectivity index (χ0) is 40.1. The predicted molar refractivity (Wildman–Crippen MR) is 236 cm³/mol. The molecule has 0 aliphatic rings. The smallest absolute Gasteiger partial charge is 0.305 e. The number of rotatable bonds is 43. The number of hydrogen-bond acceptors (Lipinski definition) is 5. The van der Waals surface area contributed by atoms with Gasteiger partial charge in [0.25, 0.3) is 0 Å². The molecule has 1 amide bonds. The van der Waals surface area contributed by atoms with Gasteiger partial charge in [-0.15, -0.1) is 0 Å². The highest BCUT2D eigenvalue weighted by Gasteiger charge is 2.18. The van der Waals surface area contributed by atoms with E-state index in [9.17, 15) is 19.8 Å². The molecule has 6 nitrogen and oxygen atoms in total. The van der Waals surface area contributed by atoms with E-state index in [1.165, 1.54) is 148 Å². The summed E-state index contributed by atoms with van der Waals surface area (Å²) in [4.78, 5) is 24.4. The van der Waals surface area contributed by atoms with Crippen molar-refractivity contribution in [2.45, 2.75) is 251 Å². The van der Waals surface area contributed by atoms with Gasteiger partial charge in [-0.1, -0.05) is 198 Å². The second kappa shape index (κ2) is 44.8. The number of allylic oxidation sites excluding steroid dienone is 5. The van der Waals surface area contributed by atoms with Crippen LogP contribution in [-0.2, 0) is 14.3 Å². The molecular formula is C49H91NO5. The first-order valence-corrected chi connectivity index (χ1v) is 23.8. The Hall–Kier alpha value is -1.92. The molecule has 0 rings (SSSR count). The molecule has 3 N–H and O–H groups in total. The van der Waals surface area contributed by atoms with Gasteiger partial charge < -0.3 is 20.3 Å². The molecule has 0 aliphatic carbocycles. The Morgan fingerprint density at radius 2 is 0.909 bits per heavy atom. The number of esters is 1. The Bertz CT molecular complexity index is 900. The van der Waals surface area contributed by atoms with E-state index in [0.29, 0.717) is 19.4 Å². The van der Waals surface area contributed by atoms with Gasteiger partial charge in [0.15, 0.2) is 0 Å². The Kier molecular flexibility index (Phi) is 43.2. The van der Waals surface area contributed by atoms with Crippen molar-refractivity contribution in [2.24, 2.45) is 0 Å². The second-order valence-corrected chi connectivity index (χ2v) is 16.1. The normalized spacial score (nSPS) is 13.0. The van der Waals surface area contributed by atoms with Crippen molar-refractivity contribution in [3.8, 4) is 0 Å². The zero-order valence-electron chi connectivity index (χ0n) is 36.4. The predicted octanol–water partition coefficient (Wildman–Crippen LogP) is 13.7. The molecule has 322 valence electrons. The summed E-state index contributed by atoms with van der Waals surface area (Å²) in [5.74, 6) is -0.108. The number of unbranched alkanes of at least 4 members (excludes halogenated alkanes) is 28. The van der Waals surface area contributed by atoms with E-state index in [2.05, 4.69) is 43.5 Å². The molecule has 0 aromatic rings. The average molecular weight is 774 g/mol. The van der Waals surface area contributed by atoms with Gasteiger partial charge in [0.05, 0.1) is 25.4 Å². The molecule has 0 spiro atoms. The van der Waals surface area contributed by atoms with Crippen LogP contribution in [-0.4, -0.2) is 47.4 Å². The van der Waals surface area contributed by atoms with Crippen LogP contribution in [0.25, 0.3) is 0 Å². The van der Waals surface area contributed by atoms with Crippen LogP contribution in [0.2, 0.25) is 0 Å². The third-order valence-corrected chi connectivity index (χ3v) is 10.7. The molecule has 2 atom stereocenters. The summed E-state index contributed by atoms with van der Waals surface area (Å²) in [6.07, 6.45) is 52.8. The van der Waals surface area contributed by atoms with Crippen LogP contribution in [0.4, 0.5) is 0 Å². The Morgan fingerprint density at radius 3 is 1.42 bits per heavy atom. The number of carbonyl (C=O) groups is 2. The van der Waals surface area contributed by atoms with Crippen LogP contribution in [0.15, 0.2) is 36.5 Å². The zero-order valence-corrected chi connectivity index (χ0v) is 36.4. The highest BCUT2D eigenvalue weighted by Crippen LogP contribution is 2.14. The van der Waals surface area contributed by atoms with Crippen LogP contribution >= 0.6 is 0 Å². The summed E-state index contributed by atoms with van der Waals surface area (Å²) < 4.78 is 5.45. The summed E-state index contributed by atoms with van der Waals surface area (Å²) in [5, 5.41) is 22.9. The fourth-order valence-corrected chi connectivity index (χ4v) is 6.95. The van der Waals surface area contributed by atoms with Crippen LogP contribution in [0, 0.1) is 0 Å². The van der Waals surface area contributed by atoms with Gasteiger partial charge >= 0.3 is 5.97 Å². The van der Waals surface area contributed by atoms with Gasteiger partial charge in [0.2, 0.25) is 5.91 Å². The molecule has 0 aliphatic heterocycles. The lowest BCUT2D eigenvalue weighted by Gasteiger charge is -2.20. The third-order valence-electron chi connectivity index (χ3n) is 10.7. The molecule has 0 aromatic heterocycles. The number of amides is 1. The van der Waals surface area contributed by atoms with Crippen LogP contribution in [0.5, 0.6) is 0 Å². The highest BCUT2D eigenvalue weighted by molar-refractivity contribution is 5.76. The molecule has 0 saturated carbocycles. The number of hydrogen-bond donors (Lipinski definition) is 3. The lowest BCUT2D eigenvalue weighted by atomic mass is 10.0. The van der Waals surface area contributed by atoms with E-state index in [-0.39, 0.29) is 18.5 Å². The third kappa shape index (κ3) is 41.5. The topological polar surface area (TPSA) is 95.9 Å². The van der Waals surface area contributed by atoms with Gasteiger partial charge in [0, 0.05) is 12.8 Å².